The molecule has 0 heterocycles. The maximum Gasteiger partial charge on any atom is 0.419 e. The van der Waals surface area contributed by atoms with E-state index >= 15 is 0 Å². The van der Waals surface area contributed by atoms with Gasteiger partial charge in [-0.15, -0.1) is 0 Å². The van der Waals surface area contributed by atoms with E-state index in [1.165, 1.54) is 6.07 Å². The number of hydrogen-bond acceptors (Lipinski definition) is 2. The van der Waals surface area contributed by atoms with E-state index in [0.29, 0.717) is 12.0 Å². The number of alkyl halides is 3. The van der Waals surface area contributed by atoms with Gasteiger partial charge in [0.2, 0.25) is 0 Å². The first-order valence-corrected chi connectivity index (χ1v) is 6.86. The van der Waals surface area contributed by atoms with Gasteiger partial charge in [0, 0.05) is 6.04 Å². The third-order valence-electron chi connectivity index (χ3n) is 2.93. The lowest BCUT2D eigenvalue weighted by Gasteiger charge is -2.19. The van der Waals surface area contributed by atoms with Crippen LogP contribution >= 0.6 is 0 Å². The van der Waals surface area contributed by atoms with Crippen molar-refractivity contribution in [3.05, 3.63) is 29.3 Å². The molecule has 2 nitrogen and oxygen atoms in total. The Bertz CT molecular complexity index is 430. The summed E-state index contributed by atoms with van der Waals surface area (Å²) in [6.07, 6.45) is -2.66. The van der Waals surface area contributed by atoms with Gasteiger partial charge in [-0.1, -0.05) is 19.4 Å². The molecular weight excluding hydrogens is 267 g/mol. The second-order valence-electron chi connectivity index (χ2n) is 5.23. The van der Waals surface area contributed by atoms with Gasteiger partial charge in [0.1, 0.15) is 5.75 Å². The molecule has 0 radical (unpaired) electrons. The van der Waals surface area contributed by atoms with Gasteiger partial charge in [-0.2, -0.15) is 13.2 Å². The van der Waals surface area contributed by atoms with Crippen LogP contribution in [-0.2, 0) is 12.6 Å². The summed E-state index contributed by atoms with van der Waals surface area (Å²) in [6, 6.07) is 4.00. The summed E-state index contributed by atoms with van der Waals surface area (Å²) in [6.45, 7) is 5.51. The minimum Gasteiger partial charge on any atom is -0.490 e. The molecule has 1 aromatic rings. The standard InChI is InChI=1S/C15H22F3NO/c1-4-5-11(3)20-14-7-6-12(8-10(2)19)9-13(14)15(16,17)18/h6-7,9-11H,4-5,8,19H2,1-3H3. The fraction of sp³-hybridized carbons (Fsp3) is 0.600. The van der Waals surface area contributed by atoms with Crippen LogP contribution in [0.1, 0.15) is 44.7 Å². The third-order valence-corrected chi connectivity index (χ3v) is 2.93. The molecule has 0 saturated carbocycles. The Morgan fingerprint density at radius 1 is 1.25 bits per heavy atom. The van der Waals surface area contributed by atoms with E-state index in [1.54, 1.807) is 19.9 Å². The summed E-state index contributed by atoms with van der Waals surface area (Å²) in [5.41, 5.74) is 5.48. The van der Waals surface area contributed by atoms with Crippen molar-refractivity contribution in [3.8, 4) is 5.75 Å². The van der Waals surface area contributed by atoms with E-state index in [-0.39, 0.29) is 17.9 Å². The lowest BCUT2D eigenvalue weighted by atomic mass is 10.0. The molecule has 2 unspecified atom stereocenters. The zero-order valence-corrected chi connectivity index (χ0v) is 12.1. The van der Waals surface area contributed by atoms with Gasteiger partial charge >= 0.3 is 6.18 Å². The molecule has 0 bridgehead atoms. The molecular formula is C15H22F3NO. The van der Waals surface area contributed by atoms with Crippen LogP contribution in [0.15, 0.2) is 18.2 Å². The van der Waals surface area contributed by atoms with Crippen molar-refractivity contribution in [2.75, 3.05) is 0 Å². The maximum atomic E-state index is 13.1. The highest BCUT2D eigenvalue weighted by molar-refractivity contribution is 5.39. The Labute approximate surface area is 118 Å². The molecule has 20 heavy (non-hydrogen) atoms. The molecule has 0 fully saturated rings. The van der Waals surface area contributed by atoms with Crippen LogP contribution in [0.3, 0.4) is 0 Å². The van der Waals surface area contributed by atoms with E-state index in [1.807, 2.05) is 6.92 Å². The lowest BCUT2D eigenvalue weighted by Crippen LogP contribution is -2.19. The largest absolute Gasteiger partial charge is 0.490 e. The van der Waals surface area contributed by atoms with E-state index in [9.17, 15) is 13.2 Å². The number of halogens is 3. The quantitative estimate of drug-likeness (QED) is 0.853. The molecule has 1 aromatic carbocycles. The van der Waals surface area contributed by atoms with Crippen molar-refractivity contribution >= 4 is 0 Å². The van der Waals surface area contributed by atoms with Crippen LogP contribution < -0.4 is 10.5 Å². The summed E-state index contributed by atoms with van der Waals surface area (Å²) >= 11 is 0. The van der Waals surface area contributed by atoms with Gasteiger partial charge in [0.25, 0.3) is 0 Å². The molecule has 0 aliphatic rings. The molecule has 2 atom stereocenters. The predicted molar refractivity (Wildman–Crippen MR) is 73.8 cm³/mol. The molecule has 0 amide bonds. The molecule has 114 valence electrons. The number of rotatable bonds is 6. The normalized spacial score (nSPS) is 14.9. The van der Waals surface area contributed by atoms with E-state index in [2.05, 4.69) is 0 Å². The Balaban J connectivity index is 3.04. The fourth-order valence-corrected chi connectivity index (χ4v) is 2.08. The van der Waals surface area contributed by atoms with Crippen molar-refractivity contribution in [1.29, 1.82) is 0 Å². The topological polar surface area (TPSA) is 35.2 Å². The molecule has 0 saturated heterocycles. The van der Waals surface area contributed by atoms with E-state index in [4.69, 9.17) is 10.5 Å². The number of ether oxygens (including phenoxy) is 1. The lowest BCUT2D eigenvalue weighted by molar-refractivity contribution is -0.139. The highest BCUT2D eigenvalue weighted by atomic mass is 19.4. The number of nitrogens with two attached hydrogens (primary N) is 1. The van der Waals surface area contributed by atoms with Crippen LogP contribution in [0.5, 0.6) is 5.75 Å². The second kappa shape index (κ2) is 6.97. The zero-order valence-electron chi connectivity index (χ0n) is 12.1. The van der Waals surface area contributed by atoms with Crippen LogP contribution in [0, 0.1) is 0 Å². The molecule has 0 aromatic heterocycles. The first kappa shape index (κ1) is 16.8. The average Bonchev–Trinajstić information content (AvgIpc) is 2.29. The van der Waals surface area contributed by atoms with Crippen LogP contribution in [0.25, 0.3) is 0 Å². The summed E-state index contributed by atoms with van der Waals surface area (Å²) in [7, 11) is 0. The summed E-state index contributed by atoms with van der Waals surface area (Å²) in [5, 5.41) is 0. The highest BCUT2D eigenvalue weighted by Gasteiger charge is 2.35. The second-order valence-corrected chi connectivity index (χ2v) is 5.23. The molecule has 1 rings (SSSR count). The third kappa shape index (κ3) is 5.04. The minimum atomic E-state index is -4.42. The zero-order chi connectivity index (χ0) is 15.3. The summed E-state index contributed by atoms with van der Waals surface area (Å²) in [4.78, 5) is 0. The smallest absolute Gasteiger partial charge is 0.419 e. The van der Waals surface area contributed by atoms with Gasteiger partial charge < -0.3 is 10.5 Å². The van der Waals surface area contributed by atoms with Crippen molar-refractivity contribution < 1.29 is 17.9 Å². The Hall–Kier alpha value is -1.23. The Kier molecular flexibility index (Phi) is 5.87. The first-order chi connectivity index (χ1) is 9.24. The van der Waals surface area contributed by atoms with Gasteiger partial charge in [0.15, 0.2) is 0 Å². The van der Waals surface area contributed by atoms with Crippen molar-refractivity contribution in [1.82, 2.24) is 0 Å². The molecule has 0 spiro atoms. The van der Waals surface area contributed by atoms with Crippen molar-refractivity contribution in [2.45, 2.75) is 58.4 Å². The first-order valence-electron chi connectivity index (χ1n) is 6.86. The maximum absolute atomic E-state index is 13.1. The van der Waals surface area contributed by atoms with Gasteiger partial charge in [0.05, 0.1) is 11.7 Å². The molecule has 0 aliphatic carbocycles. The molecule has 5 heteroatoms. The van der Waals surface area contributed by atoms with Crippen LogP contribution in [-0.4, -0.2) is 12.1 Å². The Morgan fingerprint density at radius 3 is 2.40 bits per heavy atom. The number of hydrogen-bond donors (Lipinski definition) is 1. The molecule has 2 N–H and O–H groups in total. The van der Waals surface area contributed by atoms with E-state index < -0.39 is 11.7 Å². The highest BCUT2D eigenvalue weighted by Crippen LogP contribution is 2.37. The van der Waals surface area contributed by atoms with Gasteiger partial charge in [-0.05, 0) is 44.4 Å². The summed E-state index contributed by atoms with van der Waals surface area (Å²) < 4.78 is 44.7. The fourth-order valence-electron chi connectivity index (χ4n) is 2.08. The van der Waals surface area contributed by atoms with Crippen LogP contribution in [0.4, 0.5) is 13.2 Å². The van der Waals surface area contributed by atoms with Crippen molar-refractivity contribution in [2.24, 2.45) is 5.73 Å². The molecule has 0 aliphatic heterocycles. The summed E-state index contributed by atoms with van der Waals surface area (Å²) in [5.74, 6) is -0.105. The Morgan fingerprint density at radius 2 is 1.90 bits per heavy atom. The van der Waals surface area contributed by atoms with Crippen LogP contribution in [0.2, 0.25) is 0 Å². The number of benzene rings is 1. The van der Waals surface area contributed by atoms with Crippen molar-refractivity contribution in [3.63, 3.8) is 0 Å². The van der Waals surface area contributed by atoms with E-state index in [0.717, 1.165) is 18.9 Å². The average molecular weight is 289 g/mol. The monoisotopic (exact) mass is 289 g/mol. The van der Waals surface area contributed by atoms with Gasteiger partial charge in [-0.25, -0.2) is 0 Å². The predicted octanol–water partition coefficient (Wildman–Crippen LogP) is 4.16. The minimum absolute atomic E-state index is 0.105. The SMILES string of the molecule is CCCC(C)Oc1ccc(CC(C)N)cc1C(F)(F)F. The van der Waals surface area contributed by atoms with Gasteiger partial charge in [-0.3, -0.25) is 0 Å².